The van der Waals surface area contributed by atoms with Gasteiger partial charge in [-0.1, -0.05) is 35.4 Å². The molecule has 5 aromatic rings. The number of aryl methyl sites for hydroxylation is 1. The predicted molar refractivity (Wildman–Crippen MR) is 192 cm³/mol. The molecule has 290 valence electrons. The monoisotopic (exact) mass is 815 g/mol. The molecule has 0 spiro atoms. The summed E-state index contributed by atoms with van der Waals surface area (Å²) in [7, 11) is -2.32. The third kappa shape index (κ3) is 7.15. The SMILES string of the molecule is C[C@@H](O)C#Cc1ccc(-c2ccc(Cl)c3c(NS(C)(=O)=O)nn(C)c23)c([C@H](Cc2cc(F)cc(F)c2)NC(=O)Cn2nc(C(F)F)c3c2C(F)(F)[C@@H]2C#C[C@H]32)n1. The first kappa shape index (κ1) is 38.7. The molecule has 0 bridgehead atoms. The number of aliphatic hydroxyl groups is 1. The van der Waals surface area contributed by atoms with Gasteiger partial charge in [0.2, 0.25) is 15.9 Å². The van der Waals surface area contributed by atoms with Gasteiger partial charge in [0.25, 0.3) is 6.43 Å². The van der Waals surface area contributed by atoms with Crippen molar-refractivity contribution in [3.63, 3.8) is 0 Å². The van der Waals surface area contributed by atoms with Gasteiger partial charge in [-0.15, -0.1) is 0 Å². The first-order valence-electron chi connectivity index (χ1n) is 16.7. The quantitative estimate of drug-likeness (QED) is 0.121. The molecule has 3 N–H and O–H groups in total. The topological polar surface area (TPSA) is 144 Å². The summed E-state index contributed by atoms with van der Waals surface area (Å²) in [5, 5.41) is 20.8. The molecule has 11 nitrogen and oxygen atoms in total. The number of carbonyl (C=O) groups excluding carboxylic acids is 1. The van der Waals surface area contributed by atoms with Gasteiger partial charge in [-0.05, 0) is 55.2 Å². The summed E-state index contributed by atoms with van der Waals surface area (Å²) in [5.74, 6) is 0.648. The number of hydrogen-bond donors (Lipinski definition) is 3. The predicted octanol–water partition coefficient (Wildman–Crippen LogP) is 5.73. The second-order valence-corrected chi connectivity index (χ2v) is 15.5. The van der Waals surface area contributed by atoms with E-state index in [4.69, 9.17) is 11.6 Å². The first-order valence-corrected chi connectivity index (χ1v) is 19.0. The van der Waals surface area contributed by atoms with Crippen molar-refractivity contribution in [2.24, 2.45) is 13.0 Å². The van der Waals surface area contributed by atoms with Crippen LogP contribution >= 0.6 is 11.6 Å². The molecule has 2 aliphatic carbocycles. The number of pyridine rings is 1. The van der Waals surface area contributed by atoms with E-state index >= 15 is 8.78 Å². The fraction of sp³-hybridized carbons (Fsp3) is 0.297. The largest absolute Gasteiger partial charge is 0.381 e. The van der Waals surface area contributed by atoms with E-state index in [-0.39, 0.29) is 45.2 Å². The average Bonchev–Trinajstić information content (AvgIpc) is 3.64. The van der Waals surface area contributed by atoms with Gasteiger partial charge in [-0.2, -0.15) is 19.0 Å². The highest BCUT2D eigenvalue weighted by molar-refractivity contribution is 7.92. The third-order valence-corrected chi connectivity index (χ3v) is 10.0. The lowest BCUT2D eigenvalue weighted by atomic mass is 9.84. The number of aromatic nitrogens is 5. The zero-order valence-corrected chi connectivity index (χ0v) is 30.9. The average molecular weight is 816 g/mol. The number of alkyl halides is 4. The molecule has 0 radical (unpaired) electrons. The Labute approximate surface area is 320 Å². The number of hydrogen-bond acceptors (Lipinski definition) is 7. The number of rotatable bonds is 10. The van der Waals surface area contributed by atoms with E-state index in [1.54, 1.807) is 12.1 Å². The van der Waals surface area contributed by atoms with Crippen LogP contribution in [0.4, 0.5) is 32.2 Å². The number of halogens is 7. The molecule has 2 aromatic carbocycles. The Morgan fingerprint density at radius 1 is 1.07 bits per heavy atom. The molecular formula is C37H28ClF6N7O4S. The Balaban J connectivity index is 1.38. The van der Waals surface area contributed by atoms with E-state index in [0.717, 1.165) is 18.4 Å². The fourth-order valence-electron chi connectivity index (χ4n) is 6.98. The van der Waals surface area contributed by atoms with Crippen LogP contribution in [0.2, 0.25) is 5.02 Å². The highest BCUT2D eigenvalue weighted by Gasteiger charge is 2.60. The number of fused-ring (bicyclic) bond motifs is 4. The van der Waals surface area contributed by atoms with Crippen LogP contribution in [0, 0.1) is 41.2 Å². The molecule has 0 saturated carbocycles. The van der Waals surface area contributed by atoms with Crippen LogP contribution in [0.5, 0.6) is 0 Å². The van der Waals surface area contributed by atoms with E-state index in [9.17, 15) is 35.9 Å². The van der Waals surface area contributed by atoms with Gasteiger partial charge in [-0.3, -0.25) is 18.9 Å². The van der Waals surface area contributed by atoms with Crippen molar-refractivity contribution in [2.75, 3.05) is 11.0 Å². The summed E-state index contributed by atoms with van der Waals surface area (Å²) in [4.78, 5) is 18.6. The minimum atomic E-state index is -3.83. The second-order valence-electron chi connectivity index (χ2n) is 13.3. The molecule has 3 heterocycles. The molecule has 0 saturated heterocycles. The standard InChI is InChI=1S/C37H28ClF6N7O4S/c1-17(52)4-5-21-6-7-22(23-9-11-26(38)30-33(23)50(2)48-36(30)49-56(3,54)55)31(45-21)27(14-18-12-19(39)15-20(40)13-18)46-28(53)16-51-34-29(32(47-51)35(41)42)24-8-10-25(24)37(34,43)44/h6-7,9,11-13,15,17,24-25,27,35,52H,14,16H2,1-3H3,(H,46,53)(H,48,49)/t17-,24+,25-,27+/m1/s1. The lowest BCUT2D eigenvalue weighted by molar-refractivity contribution is -0.123. The van der Waals surface area contributed by atoms with Crippen LogP contribution < -0.4 is 10.0 Å². The highest BCUT2D eigenvalue weighted by Crippen LogP contribution is 2.57. The third-order valence-electron chi connectivity index (χ3n) is 9.13. The van der Waals surface area contributed by atoms with Gasteiger partial charge in [-0.25, -0.2) is 31.0 Å². The number of anilines is 1. The molecule has 56 heavy (non-hydrogen) atoms. The molecule has 3 aromatic heterocycles. The Morgan fingerprint density at radius 3 is 2.39 bits per heavy atom. The van der Waals surface area contributed by atoms with Crippen molar-refractivity contribution in [3.05, 3.63) is 93.0 Å². The number of carbonyl (C=O) groups is 1. The number of benzene rings is 2. The summed E-state index contributed by atoms with van der Waals surface area (Å²) >= 11 is 6.56. The lowest BCUT2D eigenvalue weighted by Gasteiger charge is -2.24. The molecule has 19 heteroatoms. The maximum atomic E-state index is 15.5. The van der Waals surface area contributed by atoms with Crippen molar-refractivity contribution in [1.29, 1.82) is 0 Å². The molecule has 1 amide bonds. The minimum Gasteiger partial charge on any atom is -0.381 e. The summed E-state index contributed by atoms with van der Waals surface area (Å²) in [5.41, 5.74) is -1.20. The Kier molecular flexibility index (Phi) is 9.80. The van der Waals surface area contributed by atoms with Crippen LogP contribution in [0.1, 0.15) is 59.2 Å². The lowest BCUT2D eigenvalue weighted by Crippen LogP contribution is -2.36. The van der Waals surface area contributed by atoms with Gasteiger partial charge in [0.05, 0.1) is 39.8 Å². The van der Waals surface area contributed by atoms with E-state index in [0.29, 0.717) is 21.8 Å². The molecule has 0 unspecified atom stereocenters. The Morgan fingerprint density at radius 2 is 1.77 bits per heavy atom. The molecule has 4 atom stereocenters. The van der Waals surface area contributed by atoms with Gasteiger partial charge >= 0.3 is 5.92 Å². The summed E-state index contributed by atoms with van der Waals surface area (Å²) in [6, 6.07) is 7.38. The number of amides is 1. The zero-order chi connectivity index (χ0) is 40.4. The maximum absolute atomic E-state index is 15.5. The summed E-state index contributed by atoms with van der Waals surface area (Å²) in [6.45, 7) is 0.438. The Bertz CT molecular complexity index is 2680. The molecule has 7 rings (SSSR count). The normalized spacial score (nSPS) is 17.6. The molecular weight excluding hydrogens is 788 g/mol. The van der Waals surface area contributed by atoms with Crippen LogP contribution in [0.3, 0.4) is 0 Å². The number of aliphatic hydroxyl groups excluding tert-OH is 1. The van der Waals surface area contributed by atoms with Crippen LogP contribution in [-0.2, 0) is 40.8 Å². The van der Waals surface area contributed by atoms with Gasteiger partial charge in [0, 0.05) is 29.8 Å². The Hall–Kier alpha value is -5.56. The molecule has 2 aliphatic rings. The summed E-state index contributed by atoms with van der Waals surface area (Å²) < 4.78 is 117. The van der Waals surface area contributed by atoms with Crippen molar-refractivity contribution in [3.8, 4) is 34.8 Å². The van der Waals surface area contributed by atoms with Crippen molar-refractivity contribution >= 4 is 44.3 Å². The van der Waals surface area contributed by atoms with E-state index < -0.39 is 87.4 Å². The number of sulfonamides is 1. The zero-order valence-electron chi connectivity index (χ0n) is 29.3. The molecule has 0 fully saturated rings. The highest BCUT2D eigenvalue weighted by atomic mass is 35.5. The van der Waals surface area contributed by atoms with Crippen molar-refractivity contribution in [2.45, 2.75) is 50.3 Å². The van der Waals surface area contributed by atoms with Crippen molar-refractivity contribution in [1.82, 2.24) is 29.9 Å². The second kappa shape index (κ2) is 14.2. The smallest absolute Gasteiger partial charge is 0.304 e. The van der Waals surface area contributed by atoms with Crippen LogP contribution in [0.25, 0.3) is 22.0 Å². The van der Waals surface area contributed by atoms with Crippen LogP contribution in [0.15, 0.2) is 42.5 Å². The van der Waals surface area contributed by atoms with Gasteiger partial charge in [0.15, 0.2) is 5.82 Å². The van der Waals surface area contributed by atoms with E-state index in [1.165, 1.54) is 30.8 Å². The van der Waals surface area contributed by atoms with E-state index in [2.05, 4.69) is 48.9 Å². The summed E-state index contributed by atoms with van der Waals surface area (Å²) in [6.07, 6.45) is -3.75. The number of nitrogens with zero attached hydrogens (tertiary/aromatic N) is 5. The van der Waals surface area contributed by atoms with Crippen LogP contribution in [-0.4, -0.2) is 56.3 Å². The van der Waals surface area contributed by atoms with Gasteiger partial charge < -0.3 is 10.4 Å². The maximum Gasteiger partial charge on any atom is 0.304 e. The van der Waals surface area contributed by atoms with E-state index in [1.807, 2.05) is 0 Å². The first-order chi connectivity index (χ1) is 26.3. The number of nitrogens with one attached hydrogen (secondary N) is 2. The fourth-order valence-corrected chi connectivity index (χ4v) is 7.72. The minimum absolute atomic E-state index is 0.0126. The van der Waals surface area contributed by atoms with Gasteiger partial charge in [0.1, 0.15) is 47.3 Å². The molecule has 0 aliphatic heterocycles. The van der Waals surface area contributed by atoms with Crippen molar-refractivity contribution < 1.29 is 44.7 Å².